The molecule has 0 aliphatic heterocycles. The number of para-hydroxylation sites is 2. The zero-order valence-electron chi connectivity index (χ0n) is 13.9. The van der Waals surface area contributed by atoms with Crippen LogP contribution in [-0.2, 0) is 9.59 Å². The van der Waals surface area contributed by atoms with Crippen LogP contribution in [0.15, 0.2) is 24.3 Å². The molecule has 0 bridgehead atoms. The Kier molecular flexibility index (Phi) is 7.94. The molecule has 6 nitrogen and oxygen atoms in total. The van der Waals surface area contributed by atoms with E-state index in [-0.39, 0.29) is 31.4 Å². The van der Waals surface area contributed by atoms with Gasteiger partial charge in [-0.25, -0.2) is 0 Å². The average Bonchev–Trinajstić information content (AvgIpc) is 2.50. The van der Waals surface area contributed by atoms with E-state index < -0.39 is 5.97 Å². The van der Waals surface area contributed by atoms with Gasteiger partial charge in [-0.1, -0.05) is 26.0 Å². The normalized spacial score (nSPS) is 10.4. The molecule has 0 spiro atoms. The highest BCUT2D eigenvalue weighted by molar-refractivity contribution is 5.78. The van der Waals surface area contributed by atoms with Crippen LogP contribution < -0.4 is 9.47 Å². The first kappa shape index (κ1) is 18.8. The lowest BCUT2D eigenvalue weighted by atomic mass is 10.2. The van der Waals surface area contributed by atoms with Crippen LogP contribution in [0, 0.1) is 5.92 Å². The van der Waals surface area contributed by atoms with E-state index in [0.717, 1.165) is 0 Å². The number of carboxylic acid groups (broad SMARTS) is 1. The van der Waals surface area contributed by atoms with E-state index in [1.54, 1.807) is 18.2 Å². The molecule has 0 saturated heterocycles. The van der Waals surface area contributed by atoms with Crippen LogP contribution in [0.1, 0.15) is 27.2 Å². The third-order valence-corrected chi connectivity index (χ3v) is 3.03. The standard InChI is InChI=1S/C17H25NO5/c1-4-22-14-7-5-6-8-15(14)23-12-16(19)18(11-13(2)3)10-9-17(20)21/h5-8,13H,4,9-12H2,1-3H3,(H,20,21). The predicted octanol–water partition coefficient (Wildman–Crippen LogP) is 2.42. The number of carbonyl (C=O) groups excluding carboxylic acids is 1. The van der Waals surface area contributed by atoms with Gasteiger partial charge in [0.1, 0.15) is 0 Å². The van der Waals surface area contributed by atoms with Gasteiger partial charge in [-0.15, -0.1) is 0 Å². The van der Waals surface area contributed by atoms with Crippen molar-refractivity contribution in [3.05, 3.63) is 24.3 Å². The number of benzene rings is 1. The van der Waals surface area contributed by atoms with Gasteiger partial charge in [-0.3, -0.25) is 9.59 Å². The van der Waals surface area contributed by atoms with Crippen LogP contribution in [0.3, 0.4) is 0 Å². The van der Waals surface area contributed by atoms with Crippen molar-refractivity contribution in [2.45, 2.75) is 27.2 Å². The minimum atomic E-state index is -0.922. The molecule has 0 fully saturated rings. The fourth-order valence-electron chi connectivity index (χ4n) is 2.06. The number of amides is 1. The molecule has 0 atom stereocenters. The lowest BCUT2D eigenvalue weighted by Crippen LogP contribution is -2.39. The molecule has 1 rings (SSSR count). The van der Waals surface area contributed by atoms with E-state index in [9.17, 15) is 9.59 Å². The van der Waals surface area contributed by atoms with Crippen molar-refractivity contribution < 1.29 is 24.2 Å². The highest BCUT2D eigenvalue weighted by atomic mass is 16.5. The topological polar surface area (TPSA) is 76.1 Å². The summed E-state index contributed by atoms with van der Waals surface area (Å²) >= 11 is 0. The first-order valence-electron chi connectivity index (χ1n) is 7.78. The van der Waals surface area contributed by atoms with Gasteiger partial charge in [0.2, 0.25) is 0 Å². The number of hydrogen-bond donors (Lipinski definition) is 1. The lowest BCUT2D eigenvalue weighted by Gasteiger charge is -2.24. The molecule has 0 radical (unpaired) electrons. The molecular weight excluding hydrogens is 298 g/mol. The summed E-state index contributed by atoms with van der Waals surface area (Å²) in [5.74, 6) is 0.193. The van der Waals surface area contributed by atoms with Gasteiger partial charge < -0.3 is 19.5 Å². The zero-order chi connectivity index (χ0) is 17.2. The summed E-state index contributed by atoms with van der Waals surface area (Å²) < 4.78 is 11.0. The molecule has 0 aliphatic carbocycles. The minimum absolute atomic E-state index is 0.0754. The molecule has 0 heterocycles. The molecule has 0 aromatic heterocycles. The Bertz CT molecular complexity index is 515. The monoisotopic (exact) mass is 323 g/mol. The van der Waals surface area contributed by atoms with Crippen molar-refractivity contribution >= 4 is 11.9 Å². The second-order valence-electron chi connectivity index (χ2n) is 5.55. The van der Waals surface area contributed by atoms with Crippen molar-refractivity contribution in [1.29, 1.82) is 0 Å². The summed E-state index contributed by atoms with van der Waals surface area (Å²) in [6.45, 7) is 6.88. The van der Waals surface area contributed by atoms with Gasteiger partial charge in [0.25, 0.3) is 5.91 Å². The van der Waals surface area contributed by atoms with Crippen LogP contribution in [0.25, 0.3) is 0 Å². The number of rotatable bonds is 10. The van der Waals surface area contributed by atoms with Crippen molar-refractivity contribution in [1.82, 2.24) is 4.90 Å². The maximum Gasteiger partial charge on any atom is 0.305 e. The third-order valence-electron chi connectivity index (χ3n) is 3.03. The Hall–Kier alpha value is -2.24. The molecule has 6 heteroatoms. The molecule has 23 heavy (non-hydrogen) atoms. The SMILES string of the molecule is CCOc1ccccc1OCC(=O)N(CCC(=O)O)CC(C)C. The molecule has 1 aromatic rings. The predicted molar refractivity (Wildman–Crippen MR) is 86.8 cm³/mol. The Morgan fingerprint density at radius 3 is 2.30 bits per heavy atom. The van der Waals surface area contributed by atoms with Crippen molar-refractivity contribution in [3.63, 3.8) is 0 Å². The van der Waals surface area contributed by atoms with Crippen LogP contribution in [0.2, 0.25) is 0 Å². The fraction of sp³-hybridized carbons (Fsp3) is 0.529. The van der Waals surface area contributed by atoms with E-state index in [0.29, 0.717) is 24.7 Å². The molecule has 1 aromatic carbocycles. The van der Waals surface area contributed by atoms with Crippen molar-refractivity contribution in [2.24, 2.45) is 5.92 Å². The van der Waals surface area contributed by atoms with Crippen LogP contribution >= 0.6 is 0 Å². The van der Waals surface area contributed by atoms with E-state index in [1.807, 2.05) is 26.8 Å². The minimum Gasteiger partial charge on any atom is -0.490 e. The smallest absolute Gasteiger partial charge is 0.305 e. The van der Waals surface area contributed by atoms with E-state index in [1.165, 1.54) is 4.90 Å². The number of carboxylic acids is 1. The molecule has 0 unspecified atom stereocenters. The molecule has 128 valence electrons. The van der Waals surface area contributed by atoms with Gasteiger partial charge in [-0.2, -0.15) is 0 Å². The Balaban J connectivity index is 2.65. The number of hydrogen-bond acceptors (Lipinski definition) is 4. The fourth-order valence-corrected chi connectivity index (χ4v) is 2.06. The van der Waals surface area contributed by atoms with Gasteiger partial charge in [0.05, 0.1) is 13.0 Å². The van der Waals surface area contributed by atoms with Crippen molar-refractivity contribution in [2.75, 3.05) is 26.3 Å². The summed E-state index contributed by atoms with van der Waals surface area (Å²) in [4.78, 5) is 24.6. The third kappa shape index (κ3) is 7.04. The van der Waals surface area contributed by atoms with E-state index >= 15 is 0 Å². The number of ether oxygens (including phenoxy) is 2. The van der Waals surface area contributed by atoms with Gasteiger partial charge in [0, 0.05) is 13.1 Å². The van der Waals surface area contributed by atoms with Crippen LogP contribution in [-0.4, -0.2) is 48.2 Å². The summed E-state index contributed by atoms with van der Waals surface area (Å²) in [5, 5.41) is 8.80. The summed E-state index contributed by atoms with van der Waals surface area (Å²) in [6.07, 6.45) is -0.0754. The zero-order valence-corrected chi connectivity index (χ0v) is 13.9. The maximum absolute atomic E-state index is 12.3. The molecular formula is C17H25NO5. The largest absolute Gasteiger partial charge is 0.490 e. The second kappa shape index (κ2) is 9.71. The highest BCUT2D eigenvalue weighted by Gasteiger charge is 2.17. The van der Waals surface area contributed by atoms with Crippen LogP contribution in [0.5, 0.6) is 11.5 Å². The average molecular weight is 323 g/mol. The molecule has 0 aliphatic rings. The number of aliphatic carboxylic acids is 1. The first-order valence-corrected chi connectivity index (χ1v) is 7.78. The molecule has 1 N–H and O–H groups in total. The maximum atomic E-state index is 12.3. The van der Waals surface area contributed by atoms with Crippen molar-refractivity contribution in [3.8, 4) is 11.5 Å². The summed E-state index contributed by atoms with van der Waals surface area (Å²) in [5.41, 5.74) is 0. The van der Waals surface area contributed by atoms with Gasteiger partial charge >= 0.3 is 5.97 Å². The van der Waals surface area contributed by atoms with Gasteiger partial charge in [0.15, 0.2) is 18.1 Å². The number of nitrogens with zero attached hydrogens (tertiary/aromatic N) is 1. The Labute approximate surface area is 137 Å². The summed E-state index contributed by atoms with van der Waals surface area (Å²) in [7, 11) is 0. The van der Waals surface area contributed by atoms with Crippen LogP contribution in [0.4, 0.5) is 0 Å². The first-order chi connectivity index (χ1) is 10.9. The second-order valence-corrected chi connectivity index (χ2v) is 5.55. The summed E-state index contributed by atoms with van der Waals surface area (Å²) in [6, 6.07) is 7.15. The Morgan fingerprint density at radius 2 is 1.78 bits per heavy atom. The number of carbonyl (C=O) groups is 2. The quantitative estimate of drug-likeness (QED) is 0.715. The Morgan fingerprint density at radius 1 is 1.17 bits per heavy atom. The highest BCUT2D eigenvalue weighted by Crippen LogP contribution is 2.26. The van der Waals surface area contributed by atoms with E-state index in [4.69, 9.17) is 14.6 Å². The molecule has 0 saturated carbocycles. The van der Waals surface area contributed by atoms with E-state index in [2.05, 4.69) is 0 Å². The molecule has 1 amide bonds. The lowest BCUT2D eigenvalue weighted by molar-refractivity contribution is -0.139. The van der Waals surface area contributed by atoms with Gasteiger partial charge in [-0.05, 0) is 25.0 Å².